The minimum absolute atomic E-state index is 0.645. The van der Waals surface area contributed by atoms with Crippen LogP contribution in [0.4, 0.5) is 0 Å². The number of ether oxygens (including phenoxy) is 1. The lowest BCUT2D eigenvalue weighted by Crippen LogP contribution is -2.33. The Balaban J connectivity index is 1.57. The number of hydrogen-bond acceptors (Lipinski definition) is 3. The van der Waals surface area contributed by atoms with Gasteiger partial charge in [0.25, 0.3) is 0 Å². The lowest BCUT2D eigenvalue weighted by Gasteiger charge is -2.32. The summed E-state index contributed by atoms with van der Waals surface area (Å²) in [4.78, 5) is 10.5. The molecular formula is C24H31N3O. The van der Waals surface area contributed by atoms with E-state index in [2.05, 4.69) is 46.9 Å². The third-order valence-electron chi connectivity index (χ3n) is 6.20. The number of pyridine rings is 1. The van der Waals surface area contributed by atoms with Crippen molar-refractivity contribution in [2.75, 3.05) is 26.7 Å². The monoisotopic (exact) mass is 377 g/mol. The molecule has 1 N–H and O–H groups in total. The molecule has 1 saturated heterocycles. The van der Waals surface area contributed by atoms with Crippen molar-refractivity contribution in [3.05, 3.63) is 47.7 Å². The number of methoxy groups -OCH3 is 1. The molecule has 0 aliphatic carbocycles. The molecule has 4 heteroatoms. The van der Waals surface area contributed by atoms with E-state index < -0.39 is 0 Å². The molecule has 0 amide bonds. The van der Waals surface area contributed by atoms with Gasteiger partial charge in [-0.15, -0.1) is 0 Å². The number of nitrogens with zero attached hydrogens (tertiary/aromatic N) is 2. The number of aromatic nitrogens is 2. The van der Waals surface area contributed by atoms with Crippen LogP contribution in [0, 0.1) is 6.92 Å². The van der Waals surface area contributed by atoms with Gasteiger partial charge in [-0.25, -0.2) is 4.98 Å². The van der Waals surface area contributed by atoms with Crippen LogP contribution in [0.15, 0.2) is 36.5 Å². The molecule has 0 spiro atoms. The smallest absolute Gasteiger partial charge is 0.213 e. The van der Waals surface area contributed by atoms with Crippen molar-refractivity contribution in [2.24, 2.45) is 0 Å². The fraction of sp³-hybridized carbons (Fsp3) is 0.458. The molecule has 0 radical (unpaired) electrons. The second-order valence-corrected chi connectivity index (χ2v) is 7.99. The van der Waals surface area contributed by atoms with E-state index in [1.165, 1.54) is 67.3 Å². The number of benzene rings is 1. The first-order valence-electron chi connectivity index (χ1n) is 10.5. The molecule has 148 valence electrons. The molecule has 28 heavy (non-hydrogen) atoms. The lowest BCUT2D eigenvalue weighted by molar-refractivity contribution is 0.210. The molecule has 0 unspecified atom stereocenters. The van der Waals surface area contributed by atoms with E-state index in [-0.39, 0.29) is 0 Å². The highest BCUT2D eigenvalue weighted by atomic mass is 16.5. The number of H-pyrrole nitrogens is 1. The summed E-state index contributed by atoms with van der Waals surface area (Å²) in [6.07, 6.45) is 6.95. The highest BCUT2D eigenvalue weighted by Crippen LogP contribution is 2.35. The van der Waals surface area contributed by atoms with E-state index in [9.17, 15) is 0 Å². The summed E-state index contributed by atoms with van der Waals surface area (Å²) in [5.41, 5.74) is 6.26. The molecule has 0 saturated carbocycles. The molecule has 4 nitrogen and oxygen atoms in total. The summed E-state index contributed by atoms with van der Waals surface area (Å²) in [6.45, 7) is 8.21. The molecule has 3 aromatic rings. The van der Waals surface area contributed by atoms with E-state index in [1.54, 1.807) is 13.3 Å². The van der Waals surface area contributed by atoms with Crippen LogP contribution in [0.25, 0.3) is 22.2 Å². The van der Waals surface area contributed by atoms with Crippen molar-refractivity contribution in [3.8, 4) is 17.1 Å². The summed E-state index contributed by atoms with van der Waals surface area (Å²) in [5, 5.41) is 1.33. The second kappa shape index (κ2) is 8.36. The molecule has 3 heterocycles. The first kappa shape index (κ1) is 19.0. The van der Waals surface area contributed by atoms with Crippen molar-refractivity contribution in [3.63, 3.8) is 0 Å². The summed E-state index contributed by atoms with van der Waals surface area (Å²) in [7, 11) is 1.66. The number of aromatic amines is 1. The number of unbranched alkanes of at least 4 members (excludes halogenated alkanes) is 1. The molecule has 1 aromatic carbocycles. The minimum Gasteiger partial charge on any atom is -0.481 e. The molecule has 2 aromatic heterocycles. The fourth-order valence-corrected chi connectivity index (χ4v) is 4.44. The van der Waals surface area contributed by atoms with Crippen LogP contribution in [-0.4, -0.2) is 41.6 Å². The van der Waals surface area contributed by atoms with E-state index in [0.717, 1.165) is 11.3 Å². The zero-order valence-corrected chi connectivity index (χ0v) is 17.3. The third kappa shape index (κ3) is 3.79. The van der Waals surface area contributed by atoms with Gasteiger partial charge in [0.15, 0.2) is 0 Å². The quantitative estimate of drug-likeness (QED) is 0.614. The lowest BCUT2D eigenvalue weighted by atomic mass is 9.88. The Labute approximate surface area is 167 Å². The third-order valence-corrected chi connectivity index (χ3v) is 6.20. The van der Waals surface area contributed by atoms with Crippen LogP contribution in [0.1, 0.15) is 49.7 Å². The van der Waals surface area contributed by atoms with E-state index in [1.807, 2.05) is 12.1 Å². The largest absolute Gasteiger partial charge is 0.481 e. The van der Waals surface area contributed by atoms with Gasteiger partial charge in [0.05, 0.1) is 7.11 Å². The van der Waals surface area contributed by atoms with Crippen LogP contribution >= 0.6 is 0 Å². The maximum Gasteiger partial charge on any atom is 0.213 e. The Bertz CT molecular complexity index is 938. The normalized spacial score (nSPS) is 16.0. The number of hydrogen-bond donors (Lipinski definition) is 1. The minimum atomic E-state index is 0.645. The van der Waals surface area contributed by atoms with Gasteiger partial charge in [0, 0.05) is 34.4 Å². The Hall–Kier alpha value is -2.33. The van der Waals surface area contributed by atoms with Crippen LogP contribution in [0.2, 0.25) is 0 Å². The van der Waals surface area contributed by atoms with Crippen LogP contribution in [-0.2, 0) is 0 Å². The van der Waals surface area contributed by atoms with Crippen LogP contribution in [0.5, 0.6) is 5.88 Å². The molecule has 0 bridgehead atoms. The number of piperidine rings is 1. The van der Waals surface area contributed by atoms with Crippen molar-refractivity contribution >= 4 is 10.9 Å². The number of aryl methyl sites for hydroxylation is 1. The van der Waals surface area contributed by atoms with Crippen molar-refractivity contribution in [1.82, 2.24) is 14.9 Å². The Morgan fingerprint density at radius 1 is 1.18 bits per heavy atom. The van der Waals surface area contributed by atoms with Gasteiger partial charge in [-0.05, 0) is 81.1 Å². The maximum absolute atomic E-state index is 5.29. The van der Waals surface area contributed by atoms with Crippen LogP contribution < -0.4 is 4.74 Å². The molecule has 1 aliphatic heterocycles. The Morgan fingerprint density at radius 3 is 2.75 bits per heavy atom. The van der Waals surface area contributed by atoms with Crippen LogP contribution in [0.3, 0.4) is 0 Å². The Morgan fingerprint density at radius 2 is 2.00 bits per heavy atom. The van der Waals surface area contributed by atoms with E-state index >= 15 is 0 Å². The van der Waals surface area contributed by atoms with Gasteiger partial charge in [0.1, 0.15) is 0 Å². The van der Waals surface area contributed by atoms with Crippen molar-refractivity contribution in [1.29, 1.82) is 0 Å². The van der Waals surface area contributed by atoms with Gasteiger partial charge >= 0.3 is 0 Å². The van der Waals surface area contributed by atoms with Crippen molar-refractivity contribution in [2.45, 2.75) is 45.4 Å². The standard InChI is InChI=1S/C24H31N3O/c1-4-5-12-27-13-9-18(10-14-27)19-6-7-22-21(15-19)17(2)24(26-22)20-8-11-25-23(16-20)28-3/h6-8,11,15-16,18,26H,4-5,9-10,12-14H2,1-3H3. The second-order valence-electron chi connectivity index (χ2n) is 7.99. The topological polar surface area (TPSA) is 41.2 Å². The number of fused-ring (bicyclic) bond motifs is 1. The fourth-order valence-electron chi connectivity index (χ4n) is 4.44. The van der Waals surface area contributed by atoms with Gasteiger partial charge < -0.3 is 14.6 Å². The number of rotatable bonds is 6. The average Bonchev–Trinajstić information content (AvgIpc) is 3.08. The Kier molecular flexibility index (Phi) is 5.67. The first-order chi connectivity index (χ1) is 13.7. The predicted molar refractivity (Wildman–Crippen MR) is 116 cm³/mol. The highest BCUT2D eigenvalue weighted by Gasteiger charge is 2.21. The van der Waals surface area contributed by atoms with Gasteiger partial charge in [-0.2, -0.15) is 0 Å². The summed E-state index contributed by atoms with van der Waals surface area (Å²) in [6, 6.07) is 11.0. The highest BCUT2D eigenvalue weighted by molar-refractivity contribution is 5.91. The van der Waals surface area contributed by atoms with Crippen molar-refractivity contribution < 1.29 is 4.74 Å². The molecule has 4 rings (SSSR count). The summed E-state index contributed by atoms with van der Waals surface area (Å²) >= 11 is 0. The van der Waals surface area contributed by atoms with Gasteiger partial charge in [-0.1, -0.05) is 19.4 Å². The van der Waals surface area contributed by atoms with Gasteiger partial charge in [0.2, 0.25) is 5.88 Å². The summed E-state index contributed by atoms with van der Waals surface area (Å²) in [5.74, 6) is 1.33. The zero-order chi connectivity index (χ0) is 19.5. The maximum atomic E-state index is 5.29. The summed E-state index contributed by atoms with van der Waals surface area (Å²) < 4.78 is 5.29. The van der Waals surface area contributed by atoms with E-state index in [0.29, 0.717) is 11.8 Å². The number of nitrogens with one attached hydrogen (secondary N) is 1. The number of likely N-dealkylation sites (tertiary alicyclic amines) is 1. The molecule has 1 aliphatic rings. The van der Waals surface area contributed by atoms with Gasteiger partial charge in [-0.3, -0.25) is 0 Å². The predicted octanol–water partition coefficient (Wildman–Crippen LogP) is 5.53. The molecule has 0 atom stereocenters. The molecular weight excluding hydrogens is 346 g/mol. The van der Waals surface area contributed by atoms with E-state index in [4.69, 9.17) is 4.74 Å². The first-order valence-corrected chi connectivity index (χ1v) is 10.5. The SMILES string of the molecule is CCCCN1CCC(c2ccc3[nH]c(-c4ccnc(OC)c4)c(C)c3c2)CC1. The average molecular weight is 378 g/mol. The molecule has 1 fully saturated rings. The zero-order valence-electron chi connectivity index (χ0n) is 17.3.